The summed E-state index contributed by atoms with van der Waals surface area (Å²) in [4.78, 5) is 24.5. The van der Waals surface area contributed by atoms with E-state index in [1.165, 1.54) is 24.0 Å². The molecule has 3 rings (SSSR count). The van der Waals surface area contributed by atoms with Crippen molar-refractivity contribution in [1.29, 1.82) is 0 Å². The van der Waals surface area contributed by atoms with Crippen LogP contribution >= 0.6 is 0 Å². The Labute approximate surface area is 157 Å². The molecule has 1 heterocycles. The Balaban J connectivity index is 1.89. The van der Waals surface area contributed by atoms with Gasteiger partial charge in [0.25, 0.3) is 0 Å². The van der Waals surface area contributed by atoms with Gasteiger partial charge in [-0.1, -0.05) is 42.5 Å². The lowest BCUT2D eigenvalue weighted by Gasteiger charge is -2.38. The molecule has 0 spiro atoms. The first-order chi connectivity index (χ1) is 12.8. The molecule has 1 aliphatic rings. The van der Waals surface area contributed by atoms with Gasteiger partial charge in [0.15, 0.2) is 0 Å². The Hall–Kier alpha value is -2.71. The molecule has 2 aromatic rings. The summed E-state index contributed by atoms with van der Waals surface area (Å²) in [5.41, 5.74) is 1.82. The number of hydrogen-bond acceptors (Lipinski definition) is 4. The summed E-state index contributed by atoms with van der Waals surface area (Å²) in [6.45, 7) is 1.29. The van der Waals surface area contributed by atoms with Gasteiger partial charge in [-0.15, -0.1) is 0 Å². The first kappa shape index (κ1) is 19.1. The van der Waals surface area contributed by atoms with Gasteiger partial charge in [0, 0.05) is 26.6 Å². The maximum absolute atomic E-state index is 13.0. The molecule has 0 aliphatic carbocycles. The maximum atomic E-state index is 13.0. The van der Waals surface area contributed by atoms with Crippen LogP contribution in [-0.2, 0) is 19.6 Å². The highest BCUT2D eigenvalue weighted by Gasteiger charge is 2.40. The molecule has 1 fully saturated rings. The van der Waals surface area contributed by atoms with Crippen molar-refractivity contribution in [2.24, 2.45) is 0 Å². The number of carbonyl (C=O) groups excluding carboxylic acids is 1. The molecule has 0 aromatic heterocycles. The van der Waals surface area contributed by atoms with Gasteiger partial charge in [-0.3, -0.25) is 9.59 Å². The van der Waals surface area contributed by atoms with Crippen LogP contribution in [0.25, 0.3) is 11.1 Å². The number of piperazine rings is 1. The van der Waals surface area contributed by atoms with E-state index in [9.17, 15) is 23.1 Å². The van der Waals surface area contributed by atoms with E-state index in [1.807, 2.05) is 30.3 Å². The van der Waals surface area contributed by atoms with Crippen LogP contribution in [0.1, 0.15) is 6.92 Å². The van der Waals surface area contributed by atoms with Crippen LogP contribution < -0.4 is 0 Å². The molecule has 1 atom stereocenters. The monoisotopic (exact) mass is 388 g/mol. The summed E-state index contributed by atoms with van der Waals surface area (Å²) in [7, 11) is -3.99. The standard InChI is InChI=1S/C19H20N2O5S/c1-14(22)20-11-12-21(18(13-20)19(23)24)27(25,26)17-9-7-16(8-10-17)15-5-3-2-4-6-15/h2-10,18H,11-13H2,1H3,(H,23,24)/t18-/m1/s1. The van der Waals surface area contributed by atoms with Crippen molar-refractivity contribution >= 4 is 21.9 Å². The average Bonchev–Trinajstić information content (AvgIpc) is 2.68. The minimum atomic E-state index is -3.99. The Kier molecular flexibility index (Phi) is 5.29. The smallest absolute Gasteiger partial charge is 0.323 e. The van der Waals surface area contributed by atoms with Crippen molar-refractivity contribution in [3.8, 4) is 11.1 Å². The zero-order valence-electron chi connectivity index (χ0n) is 14.8. The van der Waals surface area contributed by atoms with Gasteiger partial charge in [0.1, 0.15) is 6.04 Å². The average molecular weight is 388 g/mol. The topological polar surface area (TPSA) is 95.0 Å². The SMILES string of the molecule is CC(=O)N1CCN(S(=O)(=O)c2ccc(-c3ccccc3)cc2)[C@@H](C(=O)O)C1. The van der Waals surface area contributed by atoms with Crippen LogP contribution in [0.5, 0.6) is 0 Å². The van der Waals surface area contributed by atoms with Crippen molar-refractivity contribution < 1.29 is 23.1 Å². The van der Waals surface area contributed by atoms with Gasteiger partial charge < -0.3 is 10.0 Å². The van der Waals surface area contributed by atoms with E-state index in [4.69, 9.17) is 0 Å². The Morgan fingerprint density at radius 3 is 2.11 bits per heavy atom. The number of carboxylic acid groups (broad SMARTS) is 1. The molecular weight excluding hydrogens is 368 g/mol. The summed E-state index contributed by atoms with van der Waals surface area (Å²) in [6.07, 6.45) is 0. The molecule has 8 heteroatoms. The molecule has 0 unspecified atom stereocenters. The molecule has 1 saturated heterocycles. The van der Waals surface area contributed by atoms with Crippen LogP contribution in [0, 0.1) is 0 Å². The number of amides is 1. The van der Waals surface area contributed by atoms with Crippen molar-refractivity contribution in [1.82, 2.24) is 9.21 Å². The van der Waals surface area contributed by atoms with Crippen LogP contribution in [0.2, 0.25) is 0 Å². The van der Waals surface area contributed by atoms with E-state index < -0.39 is 22.0 Å². The van der Waals surface area contributed by atoms with E-state index >= 15 is 0 Å². The molecule has 142 valence electrons. The minimum absolute atomic E-state index is 0.0321. The highest BCUT2D eigenvalue weighted by atomic mass is 32.2. The molecule has 0 saturated carbocycles. The van der Waals surface area contributed by atoms with Gasteiger partial charge in [0.05, 0.1) is 4.90 Å². The van der Waals surface area contributed by atoms with Gasteiger partial charge in [-0.2, -0.15) is 4.31 Å². The zero-order valence-corrected chi connectivity index (χ0v) is 15.6. The molecule has 1 amide bonds. The predicted octanol–water partition coefficient (Wildman–Crippen LogP) is 1.66. The van der Waals surface area contributed by atoms with Crippen molar-refractivity contribution in [2.45, 2.75) is 17.9 Å². The highest BCUT2D eigenvalue weighted by molar-refractivity contribution is 7.89. The van der Waals surface area contributed by atoms with E-state index in [2.05, 4.69) is 0 Å². The van der Waals surface area contributed by atoms with Crippen LogP contribution in [-0.4, -0.2) is 60.3 Å². The summed E-state index contributed by atoms with van der Waals surface area (Å²) in [5, 5.41) is 9.47. The van der Waals surface area contributed by atoms with Gasteiger partial charge in [0.2, 0.25) is 15.9 Å². The number of hydrogen-bond donors (Lipinski definition) is 1. The quantitative estimate of drug-likeness (QED) is 0.860. The molecular formula is C19H20N2O5S. The van der Waals surface area contributed by atoms with Crippen molar-refractivity contribution in [2.75, 3.05) is 19.6 Å². The summed E-state index contributed by atoms with van der Waals surface area (Å²) < 4.78 is 26.9. The number of nitrogens with zero attached hydrogens (tertiary/aromatic N) is 2. The van der Waals surface area contributed by atoms with Gasteiger partial charge >= 0.3 is 5.97 Å². The molecule has 1 N–H and O–H groups in total. The number of aliphatic carboxylic acids is 1. The number of carbonyl (C=O) groups is 2. The lowest BCUT2D eigenvalue weighted by Crippen LogP contribution is -2.58. The number of sulfonamides is 1. The summed E-state index contributed by atoms with van der Waals surface area (Å²) in [5.74, 6) is -1.55. The third-order valence-corrected chi connectivity index (χ3v) is 6.55. The maximum Gasteiger partial charge on any atom is 0.323 e. The van der Waals surface area contributed by atoms with Crippen molar-refractivity contribution in [3.63, 3.8) is 0 Å². The zero-order chi connectivity index (χ0) is 19.6. The second-order valence-corrected chi connectivity index (χ2v) is 8.22. The lowest BCUT2D eigenvalue weighted by molar-refractivity contribution is -0.145. The molecule has 0 bridgehead atoms. The molecule has 1 aliphatic heterocycles. The second kappa shape index (κ2) is 7.50. The second-order valence-electron chi connectivity index (χ2n) is 6.33. The Bertz CT molecular complexity index is 942. The third-order valence-electron chi connectivity index (χ3n) is 4.63. The van der Waals surface area contributed by atoms with E-state index in [0.717, 1.165) is 15.4 Å². The number of benzene rings is 2. The lowest BCUT2D eigenvalue weighted by atomic mass is 10.1. The molecule has 27 heavy (non-hydrogen) atoms. The first-order valence-corrected chi connectivity index (χ1v) is 9.90. The fraction of sp³-hybridized carbons (Fsp3) is 0.263. The Morgan fingerprint density at radius 2 is 1.56 bits per heavy atom. The summed E-state index contributed by atoms with van der Waals surface area (Å²) in [6, 6.07) is 14.6. The Morgan fingerprint density at radius 1 is 0.963 bits per heavy atom. The fourth-order valence-electron chi connectivity index (χ4n) is 3.13. The summed E-state index contributed by atoms with van der Waals surface area (Å²) >= 11 is 0. The van der Waals surface area contributed by atoms with Crippen LogP contribution in [0.4, 0.5) is 0 Å². The van der Waals surface area contributed by atoms with Crippen LogP contribution in [0.15, 0.2) is 59.5 Å². The van der Waals surface area contributed by atoms with E-state index in [-0.39, 0.29) is 30.4 Å². The van der Waals surface area contributed by atoms with Gasteiger partial charge in [-0.05, 0) is 23.3 Å². The third kappa shape index (κ3) is 3.86. The molecule has 0 radical (unpaired) electrons. The van der Waals surface area contributed by atoms with Gasteiger partial charge in [-0.25, -0.2) is 8.42 Å². The van der Waals surface area contributed by atoms with E-state index in [0.29, 0.717) is 0 Å². The fourth-order valence-corrected chi connectivity index (χ4v) is 4.69. The van der Waals surface area contributed by atoms with Crippen LogP contribution in [0.3, 0.4) is 0 Å². The molecule has 2 aromatic carbocycles. The van der Waals surface area contributed by atoms with Crippen molar-refractivity contribution in [3.05, 3.63) is 54.6 Å². The van der Waals surface area contributed by atoms with E-state index in [1.54, 1.807) is 12.1 Å². The number of rotatable bonds is 4. The largest absolute Gasteiger partial charge is 0.480 e. The molecule has 7 nitrogen and oxygen atoms in total. The number of carboxylic acids is 1. The predicted molar refractivity (Wildman–Crippen MR) is 99.4 cm³/mol. The normalized spacial score (nSPS) is 18.3. The highest BCUT2D eigenvalue weighted by Crippen LogP contribution is 2.25. The minimum Gasteiger partial charge on any atom is -0.480 e. The first-order valence-electron chi connectivity index (χ1n) is 8.46.